The molecule has 19 heavy (non-hydrogen) atoms. The lowest BCUT2D eigenvalue weighted by Gasteiger charge is -2.13. The van der Waals surface area contributed by atoms with Gasteiger partial charge in [-0.15, -0.1) is 0 Å². The smallest absolute Gasteiger partial charge is 0.337 e. The third kappa shape index (κ3) is 2.83. The molecule has 2 rings (SSSR count). The molecule has 5 heteroatoms. The summed E-state index contributed by atoms with van der Waals surface area (Å²) in [5.74, 6) is -1.01. The number of hydrogen-bond acceptors (Lipinski definition) is 2. The van der Waals surface area contributed by atoms with E-state index in [-0.39, 0.29) is 5.56 Å². The Balaban J connectivity index is 2.48. The third-order valence-corrected chi connectivity index (χ3v) is 3.50. The minimum absolute atomic E-state index is 0.163. The van der Waals surface area contributed by atoms with Gasteiger partial charge in [0.05, 0.1) is 27.0 Å². The van der Waals surface area contributed by atoms with Gasteiger partial charge in [-0.05, 0) is 30.7 Å². The van der Waals surface area contributed by atoms with Crippen LogP contribution < -0.4 is 5.32 Å². The fourth-order valence-corrected chi connectivity index (χ4v) is 2.15. The zero-order valence-electron chi connectivity index (χ0n) is 10.1. The standard InChI is InChI=1S/C14H11Cl2NO2/c1-8-6-7-10(15)13(12(8)16)17-11-5-3-2-4-9(11)14(18)19/h2-7,17H,1H3,(H,18,19)/i2+1,3+1,4+1,5+1,9+1,11+1. The highest BCUT2D eigenvalue weighted by molar-refractivity contribution is 6.39. The number of hydrogen-bond donors (Lipinski definition) is 2. The van der Waals surface area contributed by atoms with E-state index in [0.717, 1.165) is 5.56 Å². The van der Waals surface area contributed by atoms with E-state index in [1.54, 1.807) is 30.3 Å². The molecule has 0 aromatic heterocycles. The van der Waals surface area contributed by atoms with Gasteiger partial charge in [0.1, 0.15) is 0 Å². The first kappa shape index (κ1) is 13.7. The van der Waals surface area contributed by atoms with Crippen LogP contribution in [-0.2, 0) is 0 Å². The van der Waals surface area contributed by atoms with E-state index in [0.29, 0.717) is 21.4 Å². The summed E-state index contributed by atoms with van der Waals surface area (Å²) in [7, 11) is 0. The van der Waals surface area contributed by atoms with Gasteiger partial charge < -0.3 is 10.4 Å². The minimum atomic E-state index is -1.01. The summed E-state index contributed by atoms with van der Waals surface area (Å²) in [6.45, 7) is 1.85. The maximum atomic E-state index is 11.1. The Kier molecular flexibility index (Phi) is 3.98. The Morgan fingerprint density at radius 2 is 1.84 bits per heavy atom. The molecule has 0 saturated carbocycles. The molecular formula is C14H11Cl2NO2. The maximum Gasteiger partial charge on any atom is 0.337 e. The fraction of sp³-hybridized carbons (Fsp3) is 0.0714. The monoisotopic (exact) mass is 301 g/mol. The number of anilines is 2. The van der Waals surface area contributed by atoms with Crippen LogP contribution in [0, 0.1) is 6.92 Å². The van der Waals surface area contributed by atoms with Gasteiger partial charge in [-0.1, -0.05) is 41.4 Å². The average molecular weight is 302 g/mol. The summed E-state index contributed by atoms with van der Waals surface area (Å²) in [5.41, 5.74) is 1.99. The number of nitrogens with one attached hydrogen (secondary N) is 1. The molecule has 2 aromatic rings. The Morgan fingerprint density at radius 1 is 1.16 bits per heavy atom. The molecule has 0 unspecified atom stereocenters. The van der Waals surface area contributed by atoms with Gasteiger partial charge in [-0.2, -0.15) is 0 Å². The molecule has 0 aliphatic rings. The SMILES string of the molecule is Cc1ccc(Cl)c(N[13c]2[13cH][13cH][13cH][13cH][13c]2C(=O)O)c1Cl. The highest BCUT2D eigenvalue weighted by Crippen LogP contribution is 2.35. The number of carbonyl (C=O) groups is 1. The van der Waals surface area contributed by atoms with Crippen molar-refractivity contribution >= 4 is 40.5 Å². The predicted octanol–water partition coefficient (Wildman–Crippen LogP) is 4.74. The lowest BCUT2D eigenvalue weighted by atomic mass is 10.2. The molecular weight excluding hydrogens is 291 g/mol. The predicted molar refractivity (Wildman–Crippen MR) is 77.9 cm³/mol. The van der Waals surface area contributed by atoms with Gasteiger partial charge >= 0.3 is 5.97 Å². The van der Waals surface area contributed by atoms with Gasteiger partial charge in [-0.3, -0.25) is 0 Å². The van der Waals surface area contributed by atoms with E-state index >= 15 is 0 Å². The van der Waals surface area contributed by atoms with Gasteiger partial charge in [0, 0.05) is 0 Å². The maximum absolute atomic E-state index is 11.1. The minimum Gasteiger partial charge on any atom is -0.478 e. The van der Waals surface area contributed by atoms with Crippen LogP contribution in [-0.4, -0.2) is 11.1 Å². The molecule has 0 saturated heterocycles. The first-order valence-electron chi connectivity index (χ1n) is 5.54. The average Bonchev–Trinajstić information content (AvgIpc) is 2.39. The second kappa shape index (κ2) is 5.51. The van der Waals surface area contributed by atoms with Crippen molar-refractivity contribution in [2.75, 3.05) is 5.32 Å². The summed E-state index contributed by atoms with van der Waals surface area (Å²) < 4.78 is 0. The van der Waals surface area contributed by atoms with E-state index in [2.05, 4.69) is 5.32 Å². The van der Waals surface area contributed by atoms with Crippen LogP contribution in [0.2, 0.25) is 10.0 Å². The topological polar surface area (TPSA) is 49.3 Å². The molecule has 98 valence electrons. The largest absolute Gasteiger partial charge is 0.478 e. The van der Waals surface area contributed by atoms with Crippen molar-refractivity contribution in [3.8, 4) is 0 Å². The van der Waals surface area contributed by atoms with E-state index in [1.165, 1.54) is 6.07 Å². The van der Waals surface area contributed by atoms with Crippen molar-refractivity contribution in [2.45, 2.75) is 6.92 Å². The van der Waals surface area contributed by atoms with Gasteiger partial charge in [0.25, 0.3) is 0 Å². The van der Waals surface area contributed by atoms with Gasteiger partial charge in [0.15, 0.2) is 0 Å². The molecule has 2 aromatic carbocycles. The molecule has 0 aliphatic carbocycles. The Bertz CT molecular complexity index is 641. The Labute approximate surface area is 120 Å². The highest BCUT2D eigenvalue weighted by atomic mass is 35.5. The van der Waals surface area contributed by atoms with E-state index in [4.69, 9.17) is 28.3 Å². The van der Waals surface area contributed by atoms with Crippen molar-refractivity contribution in [1.82, 2.24) is 0 Å². The van der Waals surface area contributed by atoms with Crippen molar-refractivity contribution in [1.29, 1.82) is 0 Å². The van der Waals surface area contributed by atoms with Crippen LogP contribution >= 0.6 is 23.2 Å². The van der Waals surface area contributed by atoms with Crippen LogP contribution in [0.4, 0.5) is 11.4 Å². The summed E-state index contributed by atoms with van der Waals surface area (Å²) in [6.07, 6.45) is 0. The number of halogens is 2. The molecule has 0 bridgehead atoms. The summed E-state index contributed by atoms with van der Waals surface area (Å²) in [4.78, 5) is 11.1. The summed E-state index contributed by atoms with van der Waals surface area (Å²) in [5, 5.41) is 13.0. The van der Waals surface area contributed by atoms with Crippen LogP contribution in [0.3, 0.4) is 0 Å². The second-order valence-electron chi connectivity index (χ2n) is 4.03. The van der Waals surface area contributed by atoms with Gasteiger partial charge in [-0.25, -0.2) is 4.79 Å². The normalized spacial score (nSPS) is 10.3. The first-order chi connectivity index (χ1) is 9.00. The zero-order chi connectivity index (χ0) is 14.0. The lowest BCUT2D eigenvalue weighted by molar-refractivity contribution is 0.0698. The lowest BCUT2D eigenvalue weighted by Crippen LogP contribution is -2.03. The van der Waals surface area contributed by atoms with Crippen molar-refractivity contribution < 1.29 is 9.90 Å². The number of aryl methyl sites for hydroxylation is 1. The number of carboxylic acid groups (broad SMARTS) is 1. The molecule has 0 aliphatic heterocycles. The van der Waals surface area contributed by atoms with Crippen LogP contribution in [0.15, 0.2) is 36.4 Å². The first-order valence-corrected chi connectivity index (χ1v) is 6.30. The van der Waals surface area contributed by atoms with Crippen LogP contribution in [0.5, 0.6) is 0 Å². The quantitative estimate of drug-likeness (QED) is 0.860. The van der Waals surface area contributed by atoms with Crippen molar-refractivity contribution in [3.63, 3.8) is 0 Å². The fourth-order valence-electron chi connectivity index (χ4n) is 1.68. The van der Waals surface area contributed by atoms with E-state index in [1.807, 2.05) is 6.92 Å². The van der Waals surface area contributed by atoms with Crippen LogP contribution in [0.1, 0.15) is 15.9 Å². The molecule has 0 amide bonds. The second-order valence-corrected chi connectivity index (χ2v) is 4.81. The Hall–Kier alpha value is -1.71. The molecule has 0 fully saturated rings. The zero-order valence-corrected chi connectivity index (χ0v) is 11.6. The molecule has 0 heterocycles. The number of para-hydroxylation sites is 1. The third-order valence-electron chi connectivity index (χ3n) is 2.70. The molecule has 0 radical (unpaired) electrons. The van der Waals surface area contributed by atoms with E-state index < -0.39 is 5.97 Å². The molecule has 0 spiro atoms. The highest BCUT2D eigenvalue weighted by Gasteiger charge is 2.13. The van der Waals surface area contributed by atoms with Gasteiger partial charge in [0.2, 0.25) is 0 Å². The molecule has 3 nitrogen and oxygen atoms in total. The van der Waals surface area contributed by atoms with Crippen molar-refractivity contribution in [3.05, 3.63) is 57.6 Å². The number of benzene rings is 2. The summed E-state index contributed by atoms with van der Waals surface area (Å²) >= 11 is 12.3. The Morgan fingerprint density at radius 3 is 2.53 bits per heavy atom. The molecule has 2 N–H and O–H groups in total. The number of rotatable bonds is 3. The summed E-state index contributed by atoms with van der Waals surface area (Å²) in [6, 6.07) is 10.1. The van der Waals surface area contributed by atoms with Crippen molar-refractivity contribution in [2.24, 2.45) is 0 Å². The number of carboxylic acids is 1. The van der Waals surface area contributed by atoms with E-state index in [9.17, 15) is 4.79 Å². The molecule has 0 atom stereocenters. The number of aromatic carboxylic acids is 1. The van der Waals surface area contributed by atoms with Crippen LogP contribution in [0.25, 0.3) is 0 Å².